The van der Waals surface area contributed by atoms with Crippen LogP contribution in [-0.4, -0.2) is 61.1 Å². The normalized spacial score (nSPS) is 11.4. The second-order valence-corrected chi connectivity index (χ2v) is 9.17. The number of thioether (sulfide) groups is 1. The zero-order chi connectivity index (χ0) is 21.4. The maximum atomic E-state index is 12.2. The lowest BCUT2D eigenvalue weighted by atomic mass is 10.2. The van der Waals surface area contributed by atoms with Gasteiger partial charge in [0.2, 0.25) is 21.8 Å². The number of hydrogen-bond acceptors (Lipinski definition) is 8. The molecule has 0 fully saturated rings. The molecule has 29 heavy (non-hydrogen) atoms. The van der Waals surface area contributed by atoms with Crippen LogP contribution in [-0.2, 0) is 21.4 Å². The highest BCUT2D eigenvalue weighted by Gasteiger charge is 2.18. The SMILES string of the molecule is CCCNC(=O)CSc1nnc(CNC(=O)c2ccc(S(=O)(=O)N(C)C)cc2)o1. The molecule has 0 atom stereocenters. The molecule has 12 heteroatoms. The fourth-order valence-corrected chi connectivity index (χ4v) is 3.57. The number of rotatable bonds is 10. The van der Waals surface area contributed by atoms with Gasteiger partial charge < -0.3 is 15.1 Å². The quantitative estimate of drug-likeness (QED) is 0.519. The first-order valence-electron chi connectivity index (χ1n) is 8.76. The Morgan fingerprint density at radius 1 is 1.14 bits per heavy atom. The van der Waals surface area contributed by atoms with Gasteiger partial charge >= 0.3 is 0 Å². The lowest BCUT2D eigenvalue weighted by Gasteiger charge is -2.11. The van der Waals surface area contributed by atoms with Crippen LogP contribution in [0.4, 0.5) is 0 Å². The maximum Gasteiger partial charge on any atom is 0.277 e. The molecule has 0 bridgehead atoms. The molecule has 0 aliphatic heterocycles. The van der Waals surface area contributed by atoms with E-state index in [-0.39, 0.29) is 34.2 Å². The van der Waals surface area contributed by atoms with Crippen molar-refractivity contribution in [1.29, 1.82) is 0 Å². The minimum atomic E-state index is -3.55. The molecule has 0 aliphatic rings. The van der Waals surface area contributed by atoms with Crippen molar-refractivity contribution in [3.63, 3.8) is 0 Å². The molecular formula is C17H23N5O5S2. The molecule has 2 N–H and O–H groups in total. The van der Waals surface area contributed by atoms with Crippen LogP contribution in [0.25, 0.3) is 0 Å². The van der Waals surface area contributed by atoms with Gasteiger partial charge in [0.25, 0.3) is 11.1 Å². The topological polar surface area (TPSA) is 134 Å². The third-order valence-corrected chi connectivity index (χ3v) is 6.29. The van der Waals surface area contributed by atoms with Crippen LogP contribution in [0, 0.1) is 0 Å². The van der Waals surface area contributed by atoms with E-state index in [0.29, 0.717) is 12.1 Å². The summed E-state index contributed by atoms with van der Waals surface area (Å²) in [5, 5.41) is 13.2. The van der Waals surface area contributed by atoms with Crippen molar-refractivity contribution in [3.8, 4) is 0 Å². The van der Waals surface area contributed by atoms with Gasteiger partial charge in [0, 0.05) is 26.2 Å². The minimum Gasteiger partial charge on any atom is -0.414 e. The van der Waals surface area contributed by atoms with Crippen LogP contribution < -0.4 is 10.6 Å². The van der Waals surface area contributed by atoms with Gasteiger partial charge in [-0.1, -0.05) is 18.7 Å². The molecule has 2 rings (SSSR count). The van der Waals surface area contributed by atoms with E-state index in [1.165, 1.54) is 38.4 Å². The highest BCUT2D eigenvalue weighted by molar-refractivity contribution is 7.99. The Balaban J connectivity index is 1.86. The van der Waals surface area contributed by atoms with Gasteiger partial charge in [-0.25, -0.2) is 12.7 Å². The first kappa shape index (κ1) is 22.8. The Morgan fingerprint density at radius 2 is 1.83 bits per heavy atom. The third-order valence-electron chi connectivity index (χ3n) is 3.64. The van der Waals surface area contributed by atoms with Crippen LogP contribution in [0.2, 0.25) is 0 Å². The molecule has 1 aromatic heterocycles. The molecule has 158 valence electrons. The van der Waals surface area contributed by atoms with E-state index in [1.807, 2.05) is 6.92 Å². The molecule has 0 spiro atoms. The van der Waals surface area contributed by atoms with Crippen LogP contribution >= 0.6 is 11.8 Å². The van der Waals surface area contributed by atoms with Gasteiger partial charge in [-0.05, 0) is 30.7 Å². The van der Waals surface area contributed by atoms with Crippen LogP contribution in [0.3, 0.4) is 0 Å². The first-order chi connectivity index (χ1) is 13.7. The molecule has 0 saturated carbocycles. The predicted molar refractivity (Wildman–Crippen MR) is 107 cm³/mol. The summed E-state index contributed by atoms with van der Waals surface area (Å²) in [5.41, 5.74) is 0.296. The number of hydrogen-bond donors (Lipinski definition) is 2. The van der Waals surface area contributed by atoms with Crippen molar-refractivity contribution in [2.45, 2.75) is 30.0 Å². The number of sulfonamides is 1. The average molecular weight is 442 g/mol. The monoisotopic (exact) mass is 441 g/mol. The molecule has 2 amide bonds. The highest BCUT2D eigenvalue weighted by atomic mass is 32.2. The number of benzene rings is 1. The van der Waals surface area contributed by atoms with Crippen molar-refractivity contribution >= 4 is 33.6 Å². The van der Waals surface area contributed by atoms with Gasteiger partial charge in [0.15, 0.2) is 0 Å². The Labute approximate surface area is 173 Å². The van der Waals surface area contributed by atoms with Crippen LogP contribution in [0.15, 0.2) is 38.8 Å². The number of amides is 2. The summed E-state index contributed by atoms with van der Waals surface area (Å²) in [6.07, 6.45) is 0.856. The van der Waals surface area contributed by atoms with E-state index >= 15 is 0 Å². The lowest BCUT2D eigenvalue weighted by Crippen LogP contribution is -2.25. The van der Waals surface area contributed by atoms with Gasteiger partial charge in [-0.2, -0.15) is 0 Å². The van der Waals surface area contributed by atoms with Gasteiger partial charge in [-0.3, -0.25) is 9.59 Å². The third kappa shape index (κ3) is 6.54. The average Bonchev–Trinajstić information content (AvgIpc) is 3.16. The Hall–Kier alpha value is -2.44. The van der Waals surface area contributed by atoms with E-state index < -0.39 is 15.9 Å². The van der Waals surface area contributed by atoms with E-state index in [0.717, 1.165) is 22.5 Å². The zero-order valence-electron chi connectivity index (χ0n) is 16.3. The summed E-state index contributed by atoms with van der Waals surface area (Å²) in [5.74, 6) is -0.174. The van der Waals surface area contributed by atoms with Crippen LogP contribution in [0.5, 0.6) is 0 Å². The fraction of sp³-hybridized carbons (Fsp3) is 0.412. The van der Waals surface area contributed by atoms with Crippen molar-refractivity contribution in [2.75, 3.05) is 26.4 Å². The molecule has 1 heterocycles. The summed E-state index contributed by atoms with van der Waals surface area (Å²) in [7, 11) is -0.681. The van der Waals surface area contributed by atoms with E-state index in [4.69, 9.17) is 4.42 Å². The second kappa shape index (κ2) is 10.4. The number of carbonyl (C=O) groups excluding carboxylic acids is 2. The van der Waals surface area contributed by atoms with E-state index in [9.17, 15) is 18.0 Å². The summed E-state index contributed by atoms with van der Waals surface area (Å²) in [4.78, 5) is 23.9. The molecule has 1 aromatic carbocycles. The zero-order valence-corrected chi connectivity index (χ0v) is 18.0. The van der Waals surface area contributed by atoms with Gasteiger partial charge in [0.05, 0.1) is 17.2 Å². The van der Waals surface area contributed by atoms with Crippen molar-refractivity contribution in [3.05, 3.63) is 35.7 Å². The Bertz CT molecular complexity index is 941. The van der Waals surface area contributed by atoms with Gasteiger partial charge in [0.1, 0.15) is 0 Å². The Morgan fingerprint density at radius 3 is 2.45 bits per heavy atom. The van der Waals surface area contributed by atoms with Crippen LogP contribution in [0.1, 0.15) is 29.6 Å². The summed E-state index contributed by atoms with van der Waals surface area (Å²) >= 11 is 1.11. The van der Waals surface area contributed by atoms with Crippen molar-refractivity contribution in [2.24, 2.45) is 0 Å². The number of carbonyl (C=O) groups is 2. The van der Waals surface area contributed by atoms with Crippen molar-refractivity contribution in [1.82, 2.24) is 25.1 Å². The Kier molecular flexibility index (Phi) is 8.17. The number of aromatic nitrogens is 2. The summed E-state index contributed by atoms with van der Waals surface area (Å²) in [6.45, 7) is 2.58. The maximum absolute atomic E-state index is 12.2. The molecule has 10 nitrogen and oxygen atoms in total. The fourth-order valence-electron chi connectivity index (χ4n) is 2.06. The highest BCUT2D eigenvalue weighted by Crippen LogP contribution is 2.16. The largest absolute Gasteiger partial charge is 0.414 e. The van der Waals surface area contributed by atoms with Gasteiger partial charge in [-0.15, -0.1) is 10.2 Å². The van der Waals surface area contributed by atoms with E-state index in [2.05, 4.69) is 20.8 Å². The molecule has 2 aromatic rings. The number of nitrogens with one attached hydrogen (secondary N) is 2. The summed E-state index contributed by atoms with van der Waals surface area (Å²) in [6, 6.07) is 5.59. The van der Waals surface area contributed by atoms with E-state index in [1.54, 1.807) is 0 Å². The number of nitrogens with zero attached hydrogens (tertiary/aromatic N) is 3. The predicted octanol–water partition coefficient (Wildman–Crippen LogP) is 0.868. The molecule has 0 unspecified atom stereocenters. The molecular weight excluding hydrogens is 418 g/mol. The molecule has 0 saturated heterocycles. The minimum absolute atomic E-state index is 0.00612. The second-order valence-electron chi connectivity index (χ2n) is 6.09. The molecule has 0 aliphatic carbocycles. The first-order valence-corrected chi connectivity index (χ1v) is 11.2. The lowest BCUT2D eigenvalue weighted by molar-refractivity contribution is -0.118. The summed E-state index contributed by atoms with van der Waals surface area (Å²) < 4.78 is 30.6. The molecule has 0 radical (unpaired) electrons. The van der Waals surface area contributed by atoms with Crippen molar-refractivity contribution < 1.29 is 22.4 Å². The standard InChI is InChI=1S/C17H23N5O5S2/c1-4-9-18-14(23)11-28-17-21-20-15(27-17)10-19-16(24)12-5-7-13(8-6-12)29(25,26)22(2)3/h5-8H,4,9-11H2,1-3H3,(H,18,23)(H,19,24). The smallest absolute Gasteiger partial charge is 0.277 e.